The van der Waals surface area contributed by atoms with Crippen LogP contribution in [0.5, 0.6) is 23.0 Å². The van der Waals surface area contributed by atoms with Crippen molar-refractivity contribution in [3.63, 3.8) is 0 Å². The van der Waals surface area contributed by atoms with Gasteiger partial charge in [-0.2, -0.15) is 0 Å². The Morgan fingerprint density at radius 1 is 0.923 bits per heavy atom. The molecule has 3 aromatic heterocycles. The number of phenols is 2. The van der Waals surface area contributed by atoms with Crippen molar-refractivity contribution in [3.05, 3.63) is 69.4 Å². The molecular formula is C38H38N6O8. The van der Waals surface area contributed by atoms with Gasteiger partial charge in [0.05, 0.1) is 53.7 Å². The van der Waals surface area contributed by atoms with Crippen LogP contribution in [0.25, 0.3) is 21.8 Å². The number of aliphatic hydroxyl groups excluding tert-OH is 2. The number of allylic oxidation sites excluding steroid dienone is 2. The quantitative estimate of drug-likeness (QED) is 0.136. The maximum Gasteiger partial charge on any atom is 0.223 e. The third kappa shape index (κ3) is 3.70. The van der Waals surface area contributed by atoms with Crippen molar-refractivity contribution < 1.29 is 39.5 Å². The molecule has 1 amide bonds. The standard InChI is InChI=1S/C38H38N6O8/c1-15-13-39-29-24(46)11-25-38(26(15)29)12-17(38)14-44(25)37(50)23-10-21-19-6-8-43(31(19)33(48)35(52-4)28(21)41-23)36(49)22-9-20-18-5-7-42(16(2)45)30(18)32(47)34(51-3)27(20)40-22/h9-11,13,17,36-37,39-41,47-50H,5-8,12,14H2,1-4H3. The summed E-state index contributed by atoms with van der Waals surface area (Å²) >= 11 is 0. The van der Waals surface area contributed by atoms with Crippen LogP contribution in [0, 0.1) is 12.8 Å². The first kappa shape index (κ1) is 31.2. The third-order valence-corrected chi connectivity index (χ3v) is 12.2. The molecule has 1 spiro atoms. The van der Waals surface area contributed by atoms with Gasteiger partial charge in [0.2, 0.25) is 11.7 Å². The molecule has 14 heteroatoms. The largest absolute Gasteiger partial charge is 0.503 e. The number of fused-ring (bicyclic) bond motifs is 7. The first-order valence-corrected chi connectivity index (χ1v) is 17.5. The van der Waals surface area contributed by atoms with E-state index in [-0.39, 0.29) is 40.1 Å². The minimum atomic E-state index is -1.23. The minimum Gasteiger partial charge on any atom is -0.503 e. The van der Waals surface area contributed by atoms with Crippen LogP contribution in [0.15, 0.2) is 30.1 Å². The summed E-state index contributed by atoms with van der Waals surface area (Å²) in [6.07, 6.45) is 3.18. The number of nitrogens with zero attached hydrogens (tertiary/aromatic N) is 3. The lowest BCUT2D eigenvalue weighted by Crippen LogP contribution is -2.32. The van der Waals surface area contributed by atoms with Crippen molar-refractivity contribution in [1.29, 1.82) is 0 Å². The Bertz CT molecular complexity index is 2470. The van der Waals surface area contributed by atoms with Crippen molar-refractivity contribution in [3.8, 4) is 23.0 Å². The molecule has 2 fully saturated rings. The SMILES string of the molecule is COc1c(O)c2c(c3cc(C(O)N4CCc5c4c(O)c(OC)c4[nH]c(C(O)N6CC7CC78C6=CC(=O)c6[nH]cc(C)c68)cc54)[nH]c13)CCN2C(C)=O. The highest BCUT2D eigenvalue weighted by atomic mass is 16.5. The fourth-order valence-electron chi connectivity index (χ4n) is 9.96. The van der Waals surface area contributed by atoms with Crippen LogP contribution in [-0.4, -0.2) is 85.8 Å². The number of hydrogen-bond acceptors (Lipinski definition) is 10. The molecule has 3 aliphatic heterocycles. The van der Waals surface area contributed by atoms with E-state index in [9.17, 15) is 30.0 Å². The maximum atomic E-state index is 13.1. The van der Waals surface area contributed by atoms with Crippen LogP contribution >= 0.6 is 0 Å². The highest BCUT2D eigenvalue weighted by Gasteiger charge is 2.68. The van der Waals surface area contributed by atoms with Gasteiger partial charge >= 0.3 is 0 Å². The lowest BCUT2D eigenvalue weighted by molar-refractivity contribution is -0.116. The average molecular weight is 707 g/mol. The summed E-state index contributed by atoms with van der Waals surface area (Å²) in [7, 11) is 2.90. The van der Waals surface area contributed by atoms with E-state index in [0.29, 0.717) is 77.9 Å². The van der Waals surface area contributed by atoms with Crippen molar-refractivity contribution in [2.45, 2.75) is 51.0 Å². The molecule has 0 bridgehead atoms. The van der Waals surface area contributed by atoms with Gasteiger partial charge in [-0.05, 0) is 66.5 Å². The average Bonchev–Trinajstić information content (AvgIpc) is 3.85. The number of benzene rings is 2. The Morgan fingerprint density at radius 3 is 2.15 bits per heavy atom. The second kappa shape index (κ2) is 10.3. The molecule has 52 heavy (non-hydrogen) atoms. The van der Waals surface area contributed by atoms with Gasteiger partial charge in [0.1, 0.15) is 0 Å². The monoisotopic (exact) mass is 706 g/mol. The predicted molar refractivity (Wildman–Crippen MR) is 190 cm³/mol. The number of phenolic OH excluding ortho intramolecular Hbond substituents is 2. The van der Waals surface area contributed by atoms with E-state index < -0.39 is 12.5 Å². The number of piperidine rings is 1. The number of hydrogen-bond donors (Lipinski definition) is 7. The number of ketones is 1. The number of H-pyrrole nitrogens is 3. The van der Waals surface area contributed by atoms with Gasteiger partial charge < -0.3 is 59.6 Å². The fraction of sp³-hybridized carbons (Fsp3) is 0.368. The van der Waals surface area contributed by atoms with E-state index in [1.807, 2.05) is 24.1 Å². The fourth-order valence-corrected chi connectivity index (χ4v) is 9.96. The molecule has 0 radical (unpaired) electrons. The first-order valence-electron chi connectivity index (χ1n) is 17.5. The van der Waals surface area contributed by atoms with Gasteiger partial charge in [-0.25, -0.2) is 0 Å². The molecule has 7 N–H and O–H groups in total. The predicted octanol–water partition coefficient (Wildman–Crippen LogP) is 4.02. The number of aliphatic hydroxyl groups is 2. The Balaban J connectivity index is 1.03. The molecule has 2 aromatic carbocycles. The summed E-state index contributed by atoms with van der Waals surface area (Å²) in [4.78, 5) is 40.4. The number of aromatic amines is 3. The summed E-state index contributed by atoms with van der Waals surface area (Å²) in [5.41, 5.74) is 7.62. The minimum absolute atomic E-state index is 0.0965. The molecule has 4 atom stereocenters. The molecule has 14 nitrogen and oxygen atoms in total. The van der Waals surface area contributed by atoms with E-state index >= 15 is 0 Å². The smallest absolute Gasteiger partial charge is 0.223 e. The maximum absolute atomic E-state index is 13.1. The van der Waals surface area contributed by atoms with Crippen LogP contribution in [0.1, 0.15) is 69.9 Å². The number of ether oxygens (including phenoxy) is 2. The van der Waals surface area contributed by atoms with Gasteiger partial charge in [-0.15, -0.1) is 0 Å². The molecule has 4 unspecified atom stereocenters. The summed E-state index contributed by atoms with van der Waals surface area (Å²) in [5, 5.41) is 48.1. The van der Waals surface area contributed by atoms with Gasteiger partial charge in [-0.3, -0.25) is 9.59 Å². The lowest BCUT2D eigenvalue weighted by Gasteiger charge is -2.32. The molecule has 5 aliphatic rings. The number of aryl methyl sites for hydroxylation is 1. The zero-order chi connectivity index (χ0) is 36.1. The van der Waals surface area contributed by atoms with Crippen LogP contribution in [0.2, 0.25) is 0 Å². The summed E-state index contributed by atoms with van der Waals surface area (Å²) < 4.78 is 11.3. The summed E-state index contributed by atoms with van der Waals surface area (Å²) in [6, 6.07) is 3.67. The Hall–Kier alpha value is -5.60. The third-order valence-electron chi connectivity index (χ3n) is 12.2. The van der Waals surface area contributed by atoms with Crippen LogP contribution in [0.4, 0.5) is 11.4 Å². The molecule has 1 saturated heterocycles. The van der Waals surface area contributed by atoms with Gasteiger partial charge in [0, 0.05) is 60.7 Å². The summed E-state index contributed by atoms with van der Waals surface area (Å²) in [6.45, 7) is 4.85. The van der Waals surface area contributed by atoms with E-state index in [1.54, 1.807) is 17.0 Å². The van der Waals surface area contributed by atoms with E-state index in [1.165, 1.54) is 26.0 Å². The topological polar surface area (TPSA) is 191 Å². The molecule has 5 aromatic rings. The van der Waals surface area contributed by atoms with Crippen molar-refractivity contribution in [2.75, 3.05) is 43.7 Å². The molecule has 268 valence electrons. The van der Waals surface area contributed by atoms with E-state index in [0.717, 1.165) is 45.1 Å². The number of aromatic hydroxyl groups is 2. The second-order valence-electron chi connectivity index (χ2n) is 14.7. The highest BCUT2D eigenvalue weighted by Crippen LogP contribution is 2.68. The van der Waals surface area contributed by atoms with Crippen molar-refractivity contribution in [2.24, 2.45) is 5.92 Å². The van der Waals surface area contributed by atoms with Crippen molar-refractivity contribution >= 4 is 44.9 Å². The normalized spacial score (nSPS) is 22.3. The molecule has 1 saturated carbocycles. The lowest BCUT2D eigenvalue weighted by atomic mass is 9.83. The highest BCUT2D eigenvalue weighted by molar-refractivity contribution is 6.08. The number of amides is 1. The molecule has 2 aliphatic carbocycles. The number of nitrogens with one attached hydrogen (secondary N) is 3. The number of aromatic nitrogens is 3. The van der Waals surface area contributed by atoms with Crippen LogP contribution < -0.4 is 19.3 Å². The Morgan fingerprint density at radius 2 is 1.52 bits per heavy atom. The van der Waals surface area contributed by atoms with Crippen LogP contribution in [0.3, 0.4) is 0 Å². The number of rotatable bonds is 6. The first-order chi connectivity index (χ1) is 25.0. The zero-order valence-corrected chi connectivity index (χ0v) is 29.0. The molecule has 6 heterocycles. The van der Waals surface area contributed by atoms with Crippen molar-refractivity contribution in [1.82, 2.24) is 19.9 Å². The van der Waals surface area contributed by atoms with Gasteiger partial charge in [0.25, 0.3) is 0 Å². The van der Waals surface area contributed by atoms with Crippen LogP contribution in [-0.2, 0) is 23.1 Å². The zero-order valence-electron chi connectivity index (χ0n) is 29.0. The summed E-state index contributed by atoms with van der Waals surface area (Å²) in [5.74, 6) is 0.0663. The Kier molecular flexibility index (Phi) is 6.15. The number of anilines is 2. The van der Waals surface area contributed by atoms with Gasteiger partial charge in [-0.1, -0.05) is 0 Å². The Labute approximate surface area is 296 Å². The number of carbonyl (C=O) groups is 2. The van der Waals surface area contributed by atoms with E-state index in [2.05, 4.69) is 15.0 Å². The molecular weight excluding hydrogens is 668 g/mol. The number of methoxy groups -OCH3 is 2. The molecule has 10 rings (SSSR count). The van der Waals surface area contributed by atoms with Gasteiger partial charge in [0.15, 0.2) is 35.5 Å². The van der Waals surface area contributed by atoms with E-state index in [4.69, 9.17) is 9.47 Å². The number of carbonyl (C=O) groups excluding carboxylic acids is 2. The number of likely N-dealkylation sites (tertiary alicyclic amines) is 1. The second-order valence-corrected chi connectivity index (χ2v) is 14.7.